The van der Waals surface area contributed by atoms with Gasteiger partial charge in [0.25, 0.3) is 5.91 Å². The van der Waals surface area contributed by atoms with Crippen LogP contribution in [-0.4, -0.2) is 102 Å². The molecule has 0 spiro atoms. The van der Waals surface area contributed by atoms with Gasteiger partial charge in [-0.1, -0.05) is 150 Å². The number of hydrogen-bond acceptors (Lipinski definition) is 6. The number of piperazine rings is 1. The molecule has 2 aliphatic heterocycles. The minimum absolute atomic E-state index is 0.00714. The molecule has 4 fully saturated rings. The van der Waals surface area contributed by atoms with Gasteiger partial charge in [0, 0.05) is 62.2 Å². The molecule has 0 aromatic heterocycles. The van der Waals surface area contributed by atoms with Crippen molar-refractivity contribution in [3.05, 3.63) is 107 Å². The Bertz CT molecular complexity index is 1900. The van der Waals surface area contributed by atoms with E-state index in [9.17, 15) is 24.0 Å². The van der Waals surface area contributed by atoms with E-state index in [2.05, 4.69) is 47.1 Å². The van der Waals surface area contributed by atoms with E-state index >= 15 is 0 Å². The SMILES string of the molecule is CCCCCCCCCCCCCCNC(=O)[C@@H]1CN(Cc2ccc(C(=O)N3C[C@@H](C(=O)N[C@H]4C[C@@H]4c4ccccc4)[C@H](C(=O)N[C@H]4C[C@@H]4c4ccccc4)C3)cc2)C(=O)CN1C. The number of hydrogen-bond donors (Lipinski definition) is 3. The van der Waals surface area contributed by atoms with E-state index in [1.807, 2.05) is 60.5 Å². The summed E-state index contributed by atoms with van der Waals surface area (Å²) >= 11 is 0. The topological polar surface area (TPSA) is 131 Å². The summed E-state index contributed by atoms with van der Waals surface area (Å²) < 4.78 is 0. The number of likely N-dealkylation sites (N-methyl/N-ethyl adjacent to an activating group) is 1. The molecule has 2 aliphatic carbocycles. The van der Waals surface area contributed by atoms with Gasteiger partial charge >= 0.3 is 0 Å². The van der Waals surface area contributed by atoms with Crippen molar-refractivity contribution in [3.8, 4) is 0 Å². The summed E-state index contributed by atoms with van der Waals surface area (Å²) in [6.07, 6.45) is 16.9. The van der Waals surface area contributed by atoms with E-state index in [1.165, 1.54) is 75.3 Å². The summed E-state index contributed by atoms with van der Waals surface area (Å²) in [6.45, 7) is 3.98. The fourth-order valence-corrected chi connectivity index (χ4v) is 9.69. The van der Waals surface area contributed by atoms with Gasteiger partial charge in [0.1, 0.15) is 6.04 Å². The van der Waals surface area contributed by atoms with Crippen molar-refractivity contribution < 1.29 is 24.0 Å². The van der Waals surface area contributed by atoms with Gasteiger partial charge in [-0.15, -0.1) is 0 Å². The second-order valence-electron chi connectivity index (χ2n) is 18.7. The summed E-state index contributed by atoms with van der Waals surface area (Å²) in [7, 11) is 1.82. The minimum Gasteiger partial charge on any atom is -0.355 e. The van der Waals surface area contributed by atoms with Crippen molar-refractivity contribution in [1.82, 2.24) is 30.7 Å². The van der Waals surface area contributed by atoms with E-state index in [4.69, 9.17) is 0 Å². The second-order valence-corrected chi connectivity index (χ2v) is 18.7. The number of carbonyl (C=O) groups excluding carboxylic acids is 5. The molecule has 7 rings (SSSR count). The molecule has 3 aromatic carbocycles. The molecule has 7 atom stereocenters. The molecular weight excluding hydrogens is 789 g/mol. The van der Waals surface area contributed by atoms with E-state index in [0.29, 0.717) is 25.2 Å². The smallest absolute Gasteiger partial charge is 0.253 e. The fourth-order valence-electron chi connectivity index (χ4n) is 9.69. The predicted molar refractivity (Wildman–Crippen MR) is 247 cm³/mol. The van der Waals surface area contributed by atoms with Crippen LogP contribution in [0.25, 0.3) is 0 Å². The van der Waals surface area contributed by atoms with Crippen LogP contribution < -0.4 is 16.0 Å². The lowest BCUT2D eigenvalue weighted by Gasteiger charge is -2.38. The summed E-state index contributed by atoms with van der Waals surface area (Å²) in [4.78, 5) is 73.4. The molecule has 5 amide bonds. The van der Waals surface area contributed by atoms with Gasteiger partial charge in [-0.25, -0.2) is 0 Å². The summed E-state index contributed by atoms with van der Waals surface area (Å²) in [5.74, 6) is -1.56. The second kappa shape index (κ2) is 22.5. The Morgan fingerprint density at radius 2 is 1.10 bits per heavy atom. The largest absolute Gasteiger partial charge is 0.355 e. The summed E-state index contributed by atoms with van der Waals surface area (Å²) in [5.41, 5.74) is 3.68. The first-order chi connectivity index (χ1) is 30.7. The van der Waals surface area contributed by atoms with Crippen molar-refractivity contribution in [2.75, 3.05) is 39.8 Å². The highest BCUT2D eigenvalue weighted by Crippen LogP contribution is 2.42. The van der Waals surface area contributed by atoms with Crippen LogP contribution in [0.15, 0.2) is 84.9 Å². The summed E-state index contributed by atoms with van der Waals surface area (Å²) in [5, 5.41) is 9.53. The highest BCUT2D eigenvalue weighted by molar-refractivity contribution is 5.97. The highest BCUT2D eigenvalue weighted by Gasteiger charge is 2.49. The van der Waals surface area contributed by atoms with E-state index in [-0.39, 0.29) is 73.1 Å². The lowest BCUT2D eigenvalue weighted by atomic mass is 9.94. The van der Waals surface area contributed by atoms with Crippen LogP contribution >= 0.6 is 0 Å². The average molecular weight is 859 g/mol. The first kappa shape index (κ1) is 46.0. The monoisotopic (exact) mass is 859 g/mol. The van der Waals surface area contributed by atoms with Gasteiger partial charge in [0.15, 0.2) is 0 Å². The third-order valence-electron chi connectivity index (χ3n) is 13.8. The van der Waals surface area contributed by atoms with Gasteiger partial charge in [-0.05, 0) is 55.1 Å². The molecule has 0 unspecified atom stereocenters. The molecule has 11 heteroatoms. The van der Waals surface area contributed by atoms with Crippen molar-refractivity contribution in [1.29, 1.82) is 0 Å². The maximum atomic E-state index is 14.0. The molecule has 0 bridgehead atoms. The third-order valence-corrected chi connectivity index (χ3v) is 13.8. The lowest BCUT2D eigenvalue weighted by molar-refractivity contribution is -0.142. The highest BCUT2D eigenvalue weighted by atomic mass is 16.2. The van der Waals surface area contributed by atoms with Crippen molar-refractivity contribution in [2.45, 2.75) is 133 Å². The molecule has 0 radical (unpaired) electrons. The quantitative estimate of drug-likeness (QED) is 0.0867. The third kappa shape index (κ3) is 12.8. The number of nitrogens with zero attached hydrogens (tertiary/aromatic N) is 3. The Labute approximate surface area is 375 Å². The molecule has 63 heavy (non-hydrogen) atoms. The number of benzene rings is 3. The molecule has 2 saturated heterocycles. The number of amides is 5. The van der Waals surface area contributed by atoms with Gasteiger partial charge < -0.3 is 25.8 Å². The normalized spacial score (nSPS) is 24.2. The standard InChI is InChI=1S/C52H70N6O5/c1-3-4-5-6-7-8-9-10-11-12-13-20-29-53-51(62)47-35-57(48(59)36-56(47)2)32-37-25-27-40(28-26-37)52(63)58-33-43(49(60)54-45-30-41(45)38-21-16-14-17-22-38)44(34-58)50(61)55-46-31-42(46)39-23-18-15-19-24-39/h14-19,21-28,41-47H,3-13,20,29-36H2,1-2H3,(H,53,62)(H,54,60)(H,55,61)/t41-,42-,43-,44-,45+,46+,47+/m1/s1. The molecule has 11 nitrogen and oxygen atoms in total. The maximum Gasteiger partial charge on any atom is 0.253 e. The van der Waals surface area contributed by atoms with Gasteiger partial charge in [-0.2, -0.15) is 0 Å². The molecule has 3 aromatic rings. The molecule has 2 heterocycles. The fraction of sp³-hybridized carbons (Fsp3) is 0.558. The van der Waals surface area contributed by atoms with E-state index < -0.39 is 17.9 Å². The van der Waals surface area contributed by atoms with E-state index in [1.54, 1.807) is 21.9 Å². The Kier molecular flexibility index (Phi) is 16.5. The number of unbranched alkanes of at least 4 members (excludes halogenated alkanes) is 11. The van der Waals surface area contributed by atoms with E-state index in [0.717, 1.165) is 31.2 Å². The maximum absolute atomic E-state index is 14.0. The Morgan fingerprint density at radius 3 is 1.60 bits per heavy atom. The zero-order chi connectivity index (χ0) is 44.1. The first-order valence-electron chi connectivity index (χ1n) is 24.0. The van der Waals surface area contributed by atoms with Crippen molar-refractivity contribution in [2.24, 2.45) is 11.8 Å². The summed E-state index contributed by atoms with van der Waals surface area (Å²) in [6, 6.07) is 27.1. The number of nitrogens with one attached hydrogen (secondary N) is 3. The van der Waals surface area contributed by atoms with Crippen LogP contribution in [0.4, 0.5) is 0 Å². The lowest BCUT2D eigenvalue weighted by Crippen LogP contribution is -2.59. The molecule has 338 valence electrons. The van der Waals surface area contributed by atoms with Gasteiger partial charge in [-0.3, -0.25) is 28.9 Å². The minimum atomic E-state index is -0.669. The zero-order valence-corrected chi connectivity index (χ0v) is 37.6. The van der Waals surface area contributed by atoms with Crippen molar-refractivity contribution in [3.63, 3.8) is 0 Å². The van der Waals surface area contributed by atoms with Crippen molar-refractivity contribution >= 4 is 29.5 Å². The van der Waals surface area contributed by atoms with Gasteiger partial charge in [0.05, 0.1) is 18.4 Å². The predicted octanol–water partition coefficient (Wildman–Crippen LogP) is 7.18. The number of likely N-dealkylation sites (tertiary alicyclic amines) is 1. The molecule has 2 saturated carbocycles. The molecule has 3 N–H and O–H groups in total. The Morgan fingerprint density at radius 1 is 0.603 bits per heavy atom. The average Bonchev–Trinajstić information content (AvgIpc) is 4.21. The number of rotatable bonds is 23. The molecular formula is C52H70N6O5. The van der Waals surface area contributed by atoms with Crippen LogP contribution in [-0.2, 0) is 25.7 Å². The van der Waals surface area contributed by atoms with Crippen LogP contribution in [0.5, 0.6) is 0 Å². The zero-order valence-electron chi connectivity index (χ0n) is 37.6. The first-order valence-corrected chi connectivity index (χ1v) is 24.0. The molecule has 4 aliphatic rings. The van der Waals surface area contributed by atoms with Crippen LogP contribution in [0.2, 0.25) is 0 Å². The Hall–Kier alpha value is -5.03. The van der Waals surface area contributed by atoms with Crippen LogP contribution in [0.3, 0.4) is 0 Å². The number of carbonyl (C=O) groups is 5. The van der Waals surface area contributed by atoms with Crippen LogP contribution in [0, 0.1) is 11.8 Å². The van der Waals surface area contributed by atoms with Crippen LogP contribution in [0.1, 0.15) is 136 Å². The Balaban J connectivity index is 0.883. The van der Waals surface area contributed by atoms with Gasteiger partial charge in [0.2, 0.25) is 23.6 Å².